The Hall–Kier alpha value is -2.13. The molecule has 20 heavy (non-hydrogen) atoms. The summed E-state index contributed by atoms with van der Waals surface area (Å²) < 4.78 is 1.98. The summed E-state index contributed by atoms with van der Waals surface area (Å²) in [4.78, 5) is 0. The third-order valence-electron chi connectivity index (χ3n) is 4.27. The molecule has 0 spiro atoms. The smallest absolute Gasteiger partial charge is 0.102 e. The van der Waals surface area contributed by atoms with Gasteiger partial charge in [0.05, 0.1) is 17.8 Å². The SMILES string of the molecule is OC1c2ccccc2CCC1n1ncc2ccccc21. The molecule has 2 atom stereocenters. The van der Waals surface area contributed by atoms with Crippen molar-refractivity contribution in [2.24, 2.45) is 0 Å². The predicted octanol–water partition coefficient (Wildman–Crippen LogP) is 3.26. The van der Waals surface area contributed by atoms with Gasteiger partial charge in [-0.25, -0.2) is 0 Å². The Balaban J connectivity index is 1.81. The fourth-order valence-electron chi connectivity index (χ4n) is 3.23. The molecule has 0 aliphatic heterocycles. The van der Waals surface area contributed by atoms with E-state index in [1.165, 1.54) is 5.56 Å². The first kappa shape index (κ1) is 11.7. The minimum absolute atomic E-state index is 0.0183. The van der Waals surface area contributed by atoms with Crippen LogP contribution in [0.25, 0.3) is 10.9 Å². The molecule has 2 unspecified atom stereocenters. The number of hydrogen-bond donors (Lipinski definition) is 1. The van der Waals surface area contributed by atoms with E-state index in [1.807, 2.05) is 41.2 Å². The lowest BCUT2D eigenvalue weighted by Gasteiger charge is -2.30. The summed E-state index contributed by atoms with van der Waals surface area (Å²) in [6.45, 7) is 0. The molecule has 4 rings (SSSR count). The number of aromatic nitrogens is 2. The van der Waals surface area contributed by atoms with Crippen LogP contribution < -0.4 is 0 Å². The molecule has 0 fully saturated rings. The zero-order valence-electron chi connectivity index (χ0n) is 11.1. The predicted molar refractivity (Wildman–Crippen MR) is 78.5 cm³/mol. The Bertz CT molecular complexity index is 762. The van der Waals surface area contributed by atoms with Crippen LogP contribution in [-0.4, -0.2) is 14.9 Å². The van der Waals surface area contributed by atoms with E-state index in [-0.39, 0.29) is 6.04 Å². The Morgan fingerprint density at radius 1 is 1.05 bits per heavy atom. The normalized spacial score (nSPS) is 21.9. The largest absolute Gasteiger partial charge is 0.386 e. The number of aliphatic hydroxyl groups is 1. The van der Waals surface area contributed by atoms with Gasteiger partial charge in [0.25, 0.3) is 0 Å². The Morgan fingerprint density at radius 3 is 2.80 bits per heavy atom. The molecule has 0 saturated heterocycles. The number of aryl methyl sites for hydroxylation is 1. The topological polar surface area (TPSA) is 38.0 Å². The lowest BCUT2D eigenvalue weighted by atomic mass is 9.86. The summed E-state index contributed by atoms with van der Waals surface area (Å²) in [5.74, 6) is 0. The van der Waals surface area contributed by atoms with Gasteiger partial charge in [-0.2, -0.15) is 5.10 Å². The average Bonchev–Trinajstić information content (AvgIpc) is 2.92. The molecule has 2 aromatic carbocycles. The minimum Gasteiger partial charge on any atom is -0.386 e. The molecule has 1 aliphatic rings. The molecule has 3 heteroatoms. The summed E-state index contributed by atoms with van der Waals surface area (Å²) in [7, 11) is 0. The van der Waals surface area contributed by atoms with E-state index in [9.17, 15) is 5.11 Å². The van der Waals surface area contributed by atoms with Gasteiger partial charge in [0.15, 0.2) is 0 Å². The summed E-state index contributed by atoms with van der Waals surface area (Å²) in [6.07, 6.45) is 3.31. The average molecular weight is 264 g/mol. The number of benzene rings is 2. The lowest BCUT2D eigenvalue weighted by molar-refractivity contribution is 0.0946. The number of aliphatic hydroxyl groups excluding tert-OH is 1. The summed E-state index contributed by atoms with van der Waals surface area (Å²) in [6, 6.07) is 16.3. The van der Waals surface area contributed by atoms with Gasteiger partial charge in [-0.15, -0.1) is 0 Å². The zero-order chi connectivity index (χ0) is 13.5. The zero-order valence-corrected chi connectivity index (χ0v) is 11.1. The maximum absolute atomic E-state index is 10.7. The van der Waals surface area contributed by atoms with Gasteiger partial charge < -0.3 is 5.11 Å². The van der Waals surface area contributed by atoms with Crippen molar-refractivity contribution in [3.05, 3.63) is 65.9 Å². The van der Waals surface area contributed by atoms with Gasteiger partial charge in [0.1, 0.15) is 6.10 Å². The van der Waals surface area contributed by atoms with E-state index in [2.05, 4.69) is 23.3 Å². The van der Waals surface area contributed by atoms with Crippen molar-refractivity contribution in [1.82, 2.24) is 9.78 Å². The number of para-hydroxylation sites is 1. The highest BCUT2D eigenvalue weighted by Crippen LogP contribution is 2.38. The van der Waals surface area contributed by atoms with Crippen molar-refractivity contribution in [3.63, 3.8) is 0 Å². The molecule has 3 nitrogen and oxygen atoms in total. The molecule has 1 aromatic heterocycles. The lowest BCUT2D eigenvalue weighted by Crippen LogP contribution is -2.24. The van der Waals surface area contributed by atoms with Crippen LogP contribution in [0.4, 0.5) is 0 Å². The van der Waals surface area contributed by atoms with Crippen molar-refractivity contribution >= 4 is 10.9 Å². The molecule has 0 saturated carbocycles. The molecular formula is C17H16N2O. The quantitative estimate of drug-likeness (QED) is 0.732. The summed E-state index contributed by atoms with van der Waals surface area (Å²) in [5, 5.41) is 16.3. The standard InChI is InChI=1S/C17H16N2O/c20-17-14-7-3-1-5-12(14)9-10-16(17)19-15-8-4-2-6-13(15)11-18-19/h1-8,11,16-17,20H,9-10H2. The summed E-state index contributed by atoms with van der Waals surface area (Å²) in [5.41, 5.74) is 3.40. The second kappa shape index (κ2) is 4.46. The number of hydrogen-bond acceptors (Lipinski definition) is 2. The molecule has 1 heterocycles. The highest BCUT2D eigenvalue weighted by atomic mass is 16.3. The van der Waals surface area contributed by atoms with Crippen molar-refractivity contribution < 1.29 is 5.11 Å². The van der Waals surface area contributed by atoms with Crippen LogP contribution in [0.2, 0.25) is 0 Å². The van der Waals surface area contributed by atoms with Gasteiger partial charge in [0, 0.05) is 5.39 Å². The van der Waals surface area contributed by atoms with Crippen LogP contribution in [0.1, 0.15) is 29.7 Å². The van der Waals surface area contributed by atoms with Crippen molar-refractivity contribution in [2.75, 3.05) is 0 Å². The van der Waals surface area contributed by atoms with E-state index in [0.717, 1.165) is 29.3 Å². The monoisotopic (exact) mass is 264 g/mol. The molecule has 0 radical (unpaired) electrons. The Morgan fingerprint density at radius 2 is 1.85 bits per heavy atom. The van der Waals surface area contributed by atoms with Crippen LogP contribution in [0, 0.1) is 0 Å². The fourth-order valence-corrected chi connectivity index (χ4v) is 3.23. The van der Waals surface area contributed by atoms with Crippen molar-refractivity contribution in [3.8, 4) is 0 Å². The van der Waals surface area contributed by atoms with Crippen molar-refractivity contribution in [1.29, 1.82) is 0 Å². The molecule has 100 valence electrons. The fraction of sp³-hybridized carbons (Fsp3) is 0.235. The highest BCUT2D eigenvalue weighted by molar-refractivity contribution is 5.78. The first-order chi connectivity index (χ1) is 9.84. The molecule has 0 amide bonds. The van der Waals surface area contributed by atoms with Gasteiger partial charge in [0.2, 0.25) is 0 Å². The Labute approximate surface area is 117 Å². The van der Waals surface area contributed by atoms with Gasteiger partial charge in [-0.3, -0.25) is 4.68 Å². The van der Waals surface area contributed by atoms with Gasteiger partial charge >= 0.3 is 0 Å². The van der Waals surface area contributed by atoms with Crippen LogP contribution in [-0.2, 0) is 6.42 Å². The Kier molecular flexibility index (Phi) is 2.60. The third kappa shape index (κ3) is 1.67. The van der Waals surface area contributed by atoms with E-state index in [0.29, 0.717) is 0 Å². The maximum Gasteiger partial charge on any atom is 0.102 e. The van der Waals surface area contributed by atoms with E-state index < -0.39 is 6.10 Å². The molecule has 3 aromatic rings. The minimum atomic E-state index is -0.483. The third-order valence-corrected chi connectivity index (χ3v) is 4.27. The number of nitrogens with zero attached hydrogens (tertiary/aromatic N) is 2. The first-order valence-electron chi connectivity index (χ1n) is 7.03. The first-order valence-corrected chi connectivity index (χ1v) is 7.03. The maximum atomic E-state index is 10.7. The van der Waals surface area contributed by atoms with Crippen molar-refractivity contribution in [2.45, 2.75) is 25.0 Å². The van der Waals surface area contributed by atoms with Crippen LogP contribution in [0.15, 0.2) is 54.7 Å². The molecule has 1 N–H and O–H groups in total. The van der Waals surface area contributed by atoms with E-state index >= 15 is 0 Å². The van der Waals surface area contributed by atoms with Crippen LogP contribution in [0.5, 0.6) is 0 Å². The second-order valence-corrected chi connectivity index (χ2v) is 5.40. The molecule has 1 aliphatic carbocycles. The van der Waals surface area contributed by atoms with Crippen LogP contribution >= 0.6 is 0 Å². The van der Waals surface area contributed by atoms with Crippen LogP contribution in [0.3, 0.4) is 0 Å². The van der Waals surface area contributed by atoms with E-state index in [1.54, 1.807) is 0 Å². The van der Waals surface area contributed by atoms with Gasteiger partial charge in [-0.1, -0.05) is 42.5 Å². The number of fused-ring (bicyclic) bond motifs is 2. The molecule has 0 bridgehead atoms. The number of rotatable bonds is 1. The van der Waals surface area contributed by atoms with E-state index in [4.69, 9.17) is 0 Å². The second-order valence-electron chi connectivity index (χ2n) is 5.40. The highest BCUT2D eigenvalue weighted by Gasteiger charge is 2.30. The molecular weight excluding hydrogens is 248 g/mol. The van der Waals surface area contributed by atoms with Gasteiger partial charge in [-0.05, 0) is 30.0 Å². The summed E-state index contributed by atoms with van der Waals surface area (Å²) >= 11 is 0.